The number of nitrogens with zero attached hydrogens (tertiary/aromatic N) is 3. The van der Waals surface area contributed by atoms with Gasteiger partial charge in [-0.15, -0.1) is 12.4 Å². The summed E-state index contributed by atoms with van der Waals surface area (Å²) in [5, 5.41) is 3.41. The molecule has 4 rings (SSSR count). The maximum absolute atomic E-state index is 13.2. The number of nitrogens with one attached hydrogen (secondary N) is 1. The van der Waals surface area contributed by atoms with E-state index in [9.17, 15) is 4.79 Å². The summed E-state index contributed by atoms with van der Waals surface area (Å²) in [4.78, 5) is 17.8. The lowest BCUT2D eigenvalue weighted by Crippen LogP contribution is -2.49. The van der Waals surface area contributed by atoms with Crippen molar-refractivity contribution in [2.75, 3.05) is 39.3 Å². The number of likely N-dealkylation sites (tertiary alicyclic amines) is 1. The van der Waals surface area contributed by atoms with Crippen LogP contribution in [-0.4, -0.2) is 65.6 Å². The minimum atomic E-state index is 0. The van der Waals surface area contributed by atoms with E-state index in [2.05, 4.69) is 70.8 Å². The number of amides is 1. The SMILES string of the molecule is Cc1cccc(-n2c(C)cc(C(=O)N3CCC(N4CCNCC4)C3)c2C)c1.Cl. The van der Waals surface area contributed by atoms with Gasteiger partial charge in [0.15, 0.2) is 0 Å². The van der Waals surface area contributed by atoms with Gasteiger partial charge in [-0.3, -0.25) is 9.69 Å². The first-order valence-corrected chi connectivity index (χ1v) is 10.0. The van der Waals surface area contributed by atoms with Gasteiger partial charge in [-0.25, -0.2) is 0 Å². The van der Waals surface area contributed by atoms with Gasteiger partial charge in [0.25, 0.3) is 5.91 Å². The molecule has 2 aliphatic rings. The van der Waals surface area contributed by atoms with E-state index >= 15 is 0 Å². The molecule has 2 saturated heterocycles. The Hall–Kier alpha value is -1.82. The number of halogens is 1. The summed E-state index contributed by atoms with van der Waals surface area (Å²) in [5.41, 5.74) is 5.35. The first-order chi connectivity index (χ1) is 13.0. The average molecular weight is 403 g/mol. The minimum Gasteiger partial charge on any atom is -0.337 e. The quantitative estimate of drug-likeness (QED) is 0.858. The molecule has 1 aromatic carbocycles. The zero-order valence-electron chi connectivity index (χ0n) is 17.1. The molecule has 28 heavy (non-hydrogen) atoms. The van der Waals surface area contributed by atoms with Crippen molar-refractivity contribution in [2.45, 2.75) is 33.2 Å². The molecule has 2 aromatic rings. The van der Waals surface area contributed by atoms with Gasteiger partial charge in [0.2, 0.25) is 0 Å². The molecule has 0 bridgehead atoms. The molecular formula is C22H31ClN4O. The van der Waals surface area contributed by atoms with Crippen LogP contribution in [0, 0.1) is 20.8 Å². The van der Waals surface area contributed by atoms with Crippen LogP contribution in [0.15, 0.2) is 30.3 Å². The number of rotatable bonds is 3. The van der Waals surface area contributed by atoms with E-state index < -0.39 is 0 Å². The molecule has 3 heterocycles. The number of carbonyl (C=O) groups excluding carboxylic acids is 1. The zero-order chi connectivity index (χ0) is 19.0. The monoisotopic (exact) mass is 402 g/mol. The predicted octanol–water partition coefficient (Wildman–Crippen LogP) is 2.94. The Balaban J connectivity index is 0.00000225. The highest BCUT2D eigenvalue weighted by atomic mass is 35.5. The third-order valence-electron chi connectivity index (χ3n) is 6.04. The largest absolute Gasteiger partial charge is 0.337 e. The fraction of sp³-hybridized carbons (Fsp3) is 0.500. The number of aromatic nitrogens is 1. The highest BCUT2D eigenvalue weighted by Gasteiger charge is 2.32. The second-order valence-corrected chi connectivity index (χ2v) is 7.94. The van der Waals surface area contributed by atoms with Crippen molar-refractivity contribution < 1.29 is 4.79 Å². The molecule has 5 nitrogen and oxygen atoms in total. The first-order valence-electron chi connectivity index (χ1n) is 10.0. The van der Waals surface area contributed by atoms with Gasteiger partial charge < -0.3 is 14.8 Å². The fourth-order valence-corrected chi connectivity index (χ4v) is 4.59. The summed E-state index contributed by atoms with van der Waals surface area (Å²) in [6, 6.07) is 11.0. The summed E-state index contributed by atoms with van der Waals surface area (Å²) < 4.78 is 2.20. The van der Waals surface area contributed by atoms with Crippen LogP contribution in [-0.2, 0) is 0 Å². The van der Waals surface area contributed by atoms with Crippen LogP contribution in [0.5, 0.6) is 0 Å². The highest BCUT2D eigenvalue weighted by Crippen LogP contribution is 2.25. The topological polar surface area (TPSA) is 40.5 Å². The number of hydrogen-bond donors (Lipinski definition) is 1. The smallest absolute Gasteiger partial charge is 0.255 e. The second-order valence-electron chi connectivity index (χ2n) is 7.94. The molecule has 0 spiro atoms. The molecule has 2 fully saturated rings. The van der Waals surface area contributed by atoms with E-state index in [-0.39, 0.29) is 18.3 Å². The van der Waals surface area contributed by atoms with Crippen LogP contribution in [0.25, 0.3) is 5.69 Å². The predicted molar refractivity (Wildman–Crippen MR) is 116 cm³/mol. The van der Waals surface area contributed by atoms with E-state index in [0.717, 1.165) is 68.3 Å². The van der Waals surface area contributed by atoms with Gasteiger partial charge in [0.05, 0.1) is 5.56 Å². The lowest BCUT2D eigenvalue weighted by Gasteiger charge is -2.32. The number of piperazine rings is 1. The Morgan fingerprint density at radius 3 is 2.54 bits per heavy atom. The van der Waals surface area contributed by atoms with Crippen LogP contribution < -0.4 is 5.32 Å². The molecule has 6 heteroatoms. The molecule has 0 radical (unpaired) electrons. The molecule has 1 unspecified atom stereocenters. The second kappa shape index (κ2) is 8.68. The summed E-state index contributed by atoms with van der Waals surface area (Å²) >= 11 is 0. The zero-order valence-corrected chi connectivity index (χ0v) is 17.9. The van der Waals surface area contributed by atoms with Crippen molar-refractivity contribution in [2.24, 2.45) is 0 Å². The van der Waals surface area contributed by atoms with E-state index in [4.69, 9.17) is 0 Å². The highest BCUT2D eigenvalue weighted by molar-refractivity contribution is 5.96. The molecule has 0 aliphatic carbocycles. The van der Waals surface area contributed by atoms with E-state index in [1.807, 2.05) is 0 Å². The van der Waals surface area contributed by atoms with E-state index in [0.29, 0.717) is 6.04 Å². The van der Waals surface area contributed by atoms with E-state index in [1.165, 1.54) is 5.56 Å². The number of aryl methyl sites for hydroxylation is 2. The summed E-state index contributed by atoms with van der Waals surface area (Å²) in [6.45, 7) is 12.3. The number of benzene rings is 1. The van der Waals surface area contributed by atoms with Crippen molar-refractivity contribution in [3.8, 4) is 5.69 Å². The lowest BCUT2D eigenvalue weighted by molar-refractivity contribution is 0.0773. The van der Waals surface area contributed by atoms with Crippen molar-refractivity contribution in [1.29, 1.82) is 0 Å². The third-order valence-corrected chi connectivity index (χ3v) is 6.04. The molecular weight excluding hydrogens is 372 g/mol. The Labute approximate surface area is 174 Å². The van der Waals surface area contributed by atoms with Crippen molar-refractivity contribution in [3.63, 3.8) is 0 Å². The van der Waals surface area contributed by atoms with Crippen LogP contribution in [0.1, 0.15) is 33.7 Å². The molecule has 1 atom stereocenters. The normalized spacial score (nSPS) is 20.2. The average Bonchev–Trinajstić information content (AvgIpc) is 3.27. The minimum absolute atomic E-state index is 0. The summed E-state index contributed by atoms with van der Waals surface area (Å²) in [5.74, 6) is 0.180. The van der Waals surface area contributed by atoms with Crippen LogP contribution >= 0.6 is 12.4 Å². The van der Waals surface area contributed by atoms with Gasteiger partial charge in [-0.1, -0.05) is 12.1 Å². The van der Waals surface area contributed by atoms with Crippen LogP contribution in [0.3, 0.4) is 0 Å². The molecule has 1 aromatic heterocycles. The molecule has 1 amide bonds. The Bertz CT molecular complexity index is 841. The first kappa shape index (κ1) is 20.9. The van der Waals surface area contributed by atoms with Gasteiger partial charge in [-0.2, -0.15) is 0 Å². The van der Waals surface area contributed by atoms with E-state index in [1.54, 1.807) is 0 Å². The number of carbonyl (C=O) groups is 1. The van der Waals surface area contributed by atoms with Gasteiger partial charge >= 0.3 is 0 Å². The summed E-state index contributed by atoms with van der Waals surface area (Å²) in [7, 11) is 0. The molecule has 2 aliphatic heterocycles. The maximum Gasteiger partial charge on any atom is 0.255 e. The lowest BCUT2D eigenvalue weighted by atomic mass is 10.2. The summed E-state index contributed by atoms with van der Waals surface area (Å²) in [6.07, 6.45) is 1.09. The van der Waals surface area contributed by atoms with Gasteiger partial charge in [-0.05, 0) is 51.0 Å². The third kappa shape index (κ3) is 3.97. The van der Waals surface area contributed by atoms with Gasteiger partial charge in [0.1, 0.15) is 0 Å². The van der Waals surface area contributed by atoms with Crippen molar-refractivity contribution in [3.05, 3.63) is 52.8 Å². The fourth-order valence-electron chi connectivity index (χ4n) is 4.59. The standard InChI is InChI=1S/C22H30N4O.ClH/c1-16-5-4-6-19(13-16)26-17(2)14-21(18(26)3)22(27)25-10-7-20(15-25)24-11-8-23-9-12-24;/h4-6,13-14,20,23H,7-12,15H2,1-3H3;1H. The van der Waals surface area contributed by atoms with Crippen molar-refractivity contribution in [1.82, 2.24) is 19.7 Å². The molecule has 0 saturated carbocycles. The van der Waals surface area contributed by atoms with Crippen LogP contribution in [0.4, 0.5) is 0 Å². The van der Waals surface area contributed by atoms with Gasteiger partial charge in [0, 0.05) is 62.4 Å². The van der Waals surface area contributed by atoms with Crippen LogP contribution in [0.2, 0.25) is 0 Å². The maximum atomic E-state index is 13.2. The van der Waals surface area contributed by atoms with Crippen molar-refractivity contribution >= 4 is 18.3 Å². The Kier molecular flexibility index (Phi) is 6.48. The molecule has 152 valence electrons. The Morgan fingerprint density at radius 2 is 1.82 bits per heavy atom. The number of hydrogen-bond acceptors (Lipinski definition) is 3. The Morgan fingerprint density at radius 1 is 1.07 bits per heavy atom. The molecule has 1 N–H and O–H groups in total.